The topological polar surface area (TPSA) is 40.2 Å². The maximum atomic E-state index is 13.6. The van der Waals surface area contributed by atoms with Gasteiger partial charge in [-0.3, -0.25) is 0 Å². The molecule has 3 aromatic rings. The van der Waals surface area contributed by atoms with Crippen LogP contribution in [0.25, 0.3) is 0 Å². The van der Waals surface area contributed by atoms with Crippen LogP contribution in [0.2, 0.25) is 0 Å². The van der Waals surface area contributed by atoms with Crippen LogP contribution in [0.15, 0.2) is 60.7 Å². The minimum absolute atomic E-state index is 0.301. The summed E-state index contributed by atoms with van der Waals surface area (Å²) in [7, 11) is 3.33. The van der Waals surface area contributed by atoms with Crippen LogP contribution in [0, 0.1) is 11.6 Å². The molecule has 0 fully saturated rings. The average molecular weight is 568 g/mol. The summed E-state index contributed by atoms with van der Waals surface area (Å²) >= 11 is 0. The summed E-state index contributed by atoms with van der Waals surface area (Å²) in [5, 5.41) is 0. The molecule has 1 aliphatic rings. The van der Waals surface area contributed by atoms with Crippen LogP contribution >= 0.6 is 0 Å². The summed E-state index contributed by atoms with van der Waals surface area (Å²) in [6.07, 6.45) is 4.31. The van der Waals surface area contributed by atoms with E-state index in [0.29, 0.717) is 13.2 Å². The van der Waals surface area contributed by atoms with Gasteiger partial charge in [-0.25, -0.2) is 8.78 Å². The van der Waals surface area contributed by atoms with E-state index in [0.717, 1.165) is 74.4 Å². The van der Waals surface area contributed by atoms with Gasteiger partial charge < -0.3 is 23.8 Å². The highest BCUT2D eigenvalue weighted by Gasteiger charge is 2.37. The Morgan fingerprint density at radius 3 is 2.02 bits per heavy atom. The number of ether oxygens (including phenoxy) is 4. The van der Waals surface area contributed by atoms with Crippen molar-refractivity contribution in [2.75, 3.05) is 47.1 Å². The van der Waals surface area contributed by atoms with Gasteiger partial charge in [-0.05, 0) is 90.9 Å². The third-order valence-corrected chi connectivity index (χ3v) is 8.12. The van der Waals surface area contributed by atoms with Crippen LogP contribution in [0.5, 0.6) is 11.5 Å². The number of unbranched alkanes of at least 4 members (excludes halogenated alkanes) is 1. The summed E-state index contributed by atoms with van der Waals surface area (Å²) in [5.74, 6) is 0.865. The van der Waals surface area contributed by atoms with Crippen molar-refractivity contribution in [3.63, 3.8) is 0 Å². The molecule has 4 rings (SSSR count). The molecule has 1 unspecified atom stereocenters. The maximum Gasteiger partial charge on any atom is 0.161 e. The lowest BCUT2D eigenvalue weighted by Gasteiger charge is -2.40. The standard InChI is InChI=1S/C34H43F2NO4/c1-5-7-18-37(19-17-34(6-2)30-24-32(39-4)31(38-3)23-27(30)16-21-41-34)20-22-40-33(25-8-12-28(35)13-9-25)26-10-14-29(36)15-11-26/h8-15,23-24,33H,5-7,16-22H2,1-4H3. The second-order valence-electron chi connectivity index (χ2n) is 10.6. The maximum absolute atomic E-state index is 13.6. The first kappa shape index (κ1) is 30.9. The number of fused-ring (bicyclic) bond motifs is 1. The third kappa shape index (κ3) is 7.64. The van der Waals surface area contributed by atoms with Crippen molar-refractivity contribution in [1.82, 2.24) is 4.90 Å². The Bertz CT molecular complexity index is 1190. The van der Waals surface area contributed by atoms with Crippen molar-refractivity contribution in [2.45, 2.75) is 57.7 Å². The van der Waals surface area contributed by atoms with E-state index in [1.807, 2.05) is 0 Å². The molecule has 0 aromatic heterocycles. The summed E-state index contributed by atoms with van der Waals surface area (Å²) in [6.45, 7) is 8.06. The van der Waals surface area contributed by atoms with Gasteiger partial charge in [0, 0.05) is 13.1 Å². The molecule has 1 heterocycles. The summed E-state index contributed by atoms with van der Waals surface area (Å²) in [4.78, 5) is 2.44. The highest BCUT2D eigenvalue weighted by Crippen LogP contribution is 2.43. The van der Waals surface area contributed by atoms with Crippen LogP contribution in [0.3, 0.4) is 0 Å². The fourth-order valence-corrected chi connectivity index (χ4v) is 5.68. The molecule has 1 aliphatic heterocycles. The zero-order chi connectivity index (χ0) is 29.2. The van der Waals surface area contributed by atoms with Crippen molar-refractivity contribution in [3.05, 3.63) is 94.6 Å². The van der Waals surface area contributed by atoms with Gasteiger partial charge in [0.05, 0.1) is 33.0 Å². The first-order chi connectivity index (χ1) is 19.9. The molecule has 0 radical (unpaired) electrons. The van der Waals surface area contributed by atoms with Gasteiger partial charge in [0.2, 0.25) is 0 Å². The molecule has 0 saturated carbocycles. The van der Waals surface area contributed by atoms with E-state index in [-0.39, 0.29) is 11.6 Å². The largest absolute Gasteiger partial charge is 0.493 e. The smallest absolute Gasteiger partial charge is 0.161 e. The number of methoxy groups -OCH3 is 2. The van der Waals surface area contributed by atoms with Crippen LogP contribution in [-0.4, -0.2) is 52.0 Å². The zero-order valence-electron chi connectivity index (χ0n) is 24.8. The molecule has 1 atom stereocenters. The lowest BCUT2D eigenvalue weighted by molar-refractivity contribution is -0.0751. The molecule has 3 aromatic carbocycles. The molecule has 0 N–H and O–H groups in total. The van der Waals surface area contributed by atoms with E-state index in [2.05, 4.69) is 30.9 Å². The number of halogens is 2. The van der Waals surface area contributed by atoms with Crippen LogP contribution < -0.4 is 9.47 Å². The fourth-order valence-electron chi connectivity index (χ4n) is 5.68. The van der Waals surface area contributed by atoms with Crippen molar-refractivity contribution in [3.8, 4) is 11.5 Å². The second-order valence-corrected chi connectivity index (χ2v) is 10.6. The predicted octanol–water partition coefficient (Wildman–Crippen LogP) is 7.46. The number of hydrogen-bond acceptors (Lipinski definition) is 5. The molecule has 0 aliphatic carbocycles. The normalized spacial score (nSPS) is 16.7. The van der Waals surface area contributed by atoms with Crippen molar-refractivity contribution < 1.29 is 27.7 Å². The average Bonchev–Trinajstić information content (AvgIpc) is 3.00. The van der Waals surface area contributed by atoms with Gasteiger partial charge in [-0.1, -0.05) is 44.5 Å². The van der Waals surface area contributed by atoms with Gasteiger partial charge >= 0.3 is 0 Å². The summed E-state index contributed by atoms with van der Waals surface area (Å²) in [5.41, 5.74) is 3.70. The first-order valence-corrected chi connectivity index (χ1v) is 14.7. The lowest BCUT2D eigenvalue weighted by atomic mass is 9.81. The SMILES string of the molecule is CCCCN(CCOC(c1ccc(F)cc1)c1ccc(F)cc1)CCC1(CC)OCCc2cc(OC)c(OC)cc21. The van der Waals surface area contributed by atoms with Crippen molar-refractivity contribution in [2.24, 2.45) is 0 Å². The van der Waals surface area contributed by atoms with Gasteiger partial charge in [-0.2, -0.15) is 0 Å². The summed E-state index contributed by atoms with van der Waals surface area (Å²) in [6, 6.07) is 16.8. The molecule has 0 amide bonds. The highest BCUT2D eigenvalue weighted by molar-refractivity contribution is 5.50. The van der Waals surface area contributed by atoms with E-state index >= 15 is 0 Å². The van der Waals surface area contributed by atoms with Crippen LogP contribution in [0.1, 0.15) is 67.9 Å². The second kappa shape index (κ2) is 14.8. The predicted molar refractivity (Wildman–Crippen MR) is 158 cm³/mol. The number of hydrogen-bond donors (Lipinski definition) is 0. The van der Waals surface area contributed by atoms with Crippen LogP contribution in [0.4, 0.5) is 8.78 Å². The molecule has 5 nitrogen and oxygen atoms in total. The van der Waals surface area contributed by atoms with E-state index in [1.54, 1.807) is 38.5 Å². The molecule has 7 heteroatoms. The van der Waals surface area contributed by atoms with E-state index in [4.69, 9.17) is 18.9 Å². The number of nitrogens with zero attached hydrogens (tertiary/aromatic N) is 1. The Hall–Kier alpha value is -3.00. The molecule has 0 spiro atoms. The molecular weight excluding hydrogens is 524 g/mol. The van der Waals surface area contributed by atoms with E-state index in [1.165, 1.54) is 35.4 Å². The van der Waals surface area contributed by atoms with Gasteiger partial charge in [0.15, 0.2) is 11.5 Å². The molecule has 0 saturated heterocycles. The molecular formula is C34H43F2NO4. The Balaban J connectivity index is 1.48. The van der Waals surface area contributed by atoms with Crippen LogP contribution in [-0.2, 0) is 21.5 Å². The zero-order valence-corrected chi connectivity index (χ0v) is 24.8. The van der Waals surface area contributed by atoms with E-state index in [9.17, 15) is 8.78 Å². The van der Waals surface area contributed by atoms with E-state index < -0.39 is 11.7 Å². The first-order valence-electron chi connectivity index (χ1n) is 14.7. The Kier molecular flexibility index (Phi) is 11.1. The van der Waals surface area contributed by atoms with Gasteiger partial charge in [-0.15, -0.1) is 0 Å². The molecule has 222 valence electrons. The minimum atomic E-state index is -0.415. The number of rotatable bonds is 15. The Labute approximate surface area is 243 Å². The third-order valence-electron chi connectivity index (χ3n) is 8.12. The minimum Gasteiger partial charge on any atom is -0.493 e. The Morgan fingerprint density at radius 1 is 0.854 bits per heavy atom. The quantitative estimate of drug-likeness (QED) is 0.191. The molecule has 41 heavy (non-hydrogen) atoms. The highest BCUT2D eigenvalue weighted by atomic mass is 19.1. The summed E-state index contributed by atoms with van der Waals surface area (Å²) < 4.78 is 51.4. The van der Waals surface area contributed by atoms with Crippen molar-refractivity contribution >= 4 is 0 Å². The van der Waals surface area contributed by atoms with Crippen molar-refractivity contribution in [1.29, 1.82) is 0 Å². The fraction of sp³-hybridized carbons (Fsp3) is 0.471. The van der Waals surface area contributed by atoms with Gasteiger partial charge in [0.25, 0.3) is 0 Å². The van der Waals surface area contributed by atoms with Gasteiger partial charge in [0.1, 0.15) is 17.7 Å². The monoisotopic (exact) mass is 567 g/mol. The Morgan fingerprint density at radius 2 is 1.46 bits per heavy atom. The lowest BCUT2D eigenvalue weighted by Crippen LogP contribution is -2.40. The number of benzene rings is 3. The molecule has 0 bridgehead atoms.